The van der Waals surface area contributed by atoms with Gasteiger partial charge < -0.3 is 19.7 Å². The fourth-order valence-corrected chi connectivity index (χ4v) is 2.63. The van der Waals surface area contributed by atoms with Crippen molar-refractivity contribution in [3.63, 3.8) is 0 Å². The van der Waals surface area contributed by atoms with E-state index in [1.165, 1.54) is 40.0 Å². The summed E-state index contributed by atoms with van der Waals surface area (Å²) in [5.41, 5.74) is 0.489. The zero-order valence-corrected chi connectivity index (χ0v) is 17.6. The van der Waals surface area contributed by atoms with Crippen molar-refractivity contribution in [3.05, 3.63) is 66.9 Å². The number of hydrogen-bond acceptors (Lipinski definition) is 6. The molecular weight excluding hydrogens is 417 g/mol. The van der Waals surface area contributed by atoms with Gasteiger partial charge in [0.25, 0.3) is 0 Å². The first-order valence-electron chi connectivity index (χ1n) is 9.98. The second-order valence-corrected chi connectivity index (χ2v) is 6.86. The molecule has 0 aliphatic carbocycles. The van der Waals surface area contributed by atoms with E-state index >= 15 is 0 Å². The van der Waals surface area contributed by atoms with Crippen LogP contribution in [0.15, 0.2) is 61.1 Å². The summed E-state index contributed by atoms with van der Waals surface area (Å²) in [6.45, 7) is 0.845. The lowest BCUT2D eigenvalue weighted by molar-refractivity contribution is -0.131. The van der Waals surface area contributed by atoms with Crippen LogP contribution in [0.3, 0.4) is 0 Å². The van der Waals surface area contributed by atoms with Gasteiger partial charge in [-0.3, -0.25) is 14.3 Å². The summed E-state index contributed by atoms with van der Waals surface area (Å²) in [4.78, 5) is 29.9. The number of ether oxygens (including phenoxy) is 2. The average Bonchev–Trinajstić information content (AvgIpc) is 3.22. The molecule has 0 atom stereocenters. The standard InChI is InChI=1S/C22H24FN5O4/c1-27(11-13-31-19-7-5-17(23)6-8-19)22(30)16-28-15-18(14-25-28)26-20(29)9-12-32-21-4-2-3-10-24-21/h2-8,10,14-15H,9,11-13,16H2,1H3,(H,26,29). The fraction of sp³-hybridized carbons (Fsp3) is 0.273. The third kappa shape index (κ3) is 7.38. The van der Waals surface area contributed by atoms with Gasteiger partial charge >= 0.3 is 0 Å². The molecule has 0 unspecified atom stereocenters. The molecule has 0 radical (unpaired) electrons. The summed E-state index contributed by atoms with van der Waals surface area (Å²) in [6.07, 6.45) is 4.82. The highest BCUT2D eigenvalue weighted by molar-refractivity contribution is 5.90. The van der Waals surface area contributed by atoms with Gasteiger partial charge in [0, 0.05) is 25.5 Å². The number of nitrogens with zero attached hydrogens (tertiary/aromatic N) is 4. The Hall–Kier alpha value is -3.95. The molecule has 0 spiro atoms. The quantitative estimate of drug-likeness (QED) is 0.491. The predicted octanol–water partition coefficient (Wildman–Crippen LogP) is 2.36. The molecule has 1 N–H and O–H groups in total. The lowest BCUT2D eigenvalue weighted by Crippen LogP contribution is -2.33. The number of halogens is 1. The van der Waals surface area contributed by atoms with Gasteiger partial charge in [0.2, 0.25) is 17.7 Å². The molecule has 0 aliphatic heterocycles. The van der Waals surface area contributed by atoms with Crippen LogP contribution in [0.1, 0.15) is 6.42 Å². The Morgan fingerprint density at radius 2 is 1.94 bits per heavy atom. The van der Waals surface area contributed by atoms with E-state index in [4.69, 9.17) is 9.47 Å². The van der Waals surface area contributed by atoms with Gasteiger partial charge in [0.1, 0.15) is 24.7 Å². The minimum absolute atomic E-state index is 0.0196. The summed E-state index contributed by atoms with van der Waals surface area (Å²) in [7, 11) is 1.66. The Kier molecular flexibility index (Phi) is 8.13. The van der Waals surface area contributed by atoms with E-state index in [2.05, 4.69) is 15.4 Å². The third-order valence-electron chi connectivity index (χ3n) is 4.37. The number of anilines is 1. The first-order chi connectivity index (χ1) is 15.5. The summed E-state index contributed by atoms with van der Waals surface area (Å²) < 4.78 is 25.2. The average molecular weight is 441 g/mol. The van der Waals surface area contributed by atoms with Crippen LogP contribution in [0.2, 0.25) is 0 Å². The Morgan fingerprint density at radius 3 is 2.69 bits per heavy atom. The minimum atomic E-state index is -0.336. The van der Waals surface area contributed by atoms with Gasteiger partial charge in [-0.25, -0.2) is 9.37 Å². The van der Waals surface area contributed by atoms with Gasteiger partial charge in [0.15, 0.2) is 0 Å². The summed E-state index contributed by atoms with van der Waals surface area (Å²) >= 11 is 0. The highest BCUT2D eigenvalue weighted by Crippen LogP contribution is 2.11. The maximum Gasteiger partial charge on any atom is 0.244 e. The van der Waals surface area contributed by atoms with Gasteiger partial charge in [-0.05, 0) is 30.3 Å². The van der Waals surface area contributed by atoms with Crippen LogP contribution in [0.4, 0.5) is 10.1 Å². The maximum atomic E-state index is 12.9. The summed E-state index contributed by atoms with van der Waals surface area (Å²) in [5, 5.41) is 6.82. The Bertz CT molecular complexity index is 1010. The van der Waals surface area contributed by atoms with Crippen LogP contribution in [-0.2, 0) is 16.1 Å². The summed E-state index contributed by atoms with van der Waals surface area (Å²) in [5.74, 6) is 0.250. The van der Waals surface area contributed by atoms with Crippen LogP contribution in [0.25, 0.3) is 0 Å². The number of benzene rings is 1. The van der Waals surface area contributed by atoms with Crippen molar-refractivity contribution >= 4 is 17.5 Å². The van der Waals surface area contributed by atoms with Gasteiger partial charge in [0.05, 0.1) is 31.5 Å². The van der Waals surface area contributed by atoms with E-state index < -0.39 is 0 Å². The second-order valence-electron chi connectivity index (χ2n) is 6.86. The van der Waals surface area contributed by atoms with Crippen molar-refractivity contribution in [2.45, 2.75) is 13.0 Å². The normalized spacial score (nSPS) is 10.4. The lowest BCUT2D eigenvalue weighted by Gasteiger charge is -2.17. The van der Waals surface area contributed by atoms with E-state index in [0.29, 0.717) is 23.9 Å². The van der Waals surface area contributed by atoms with E-state index in [1.54, 1.807) is 37.6 Å². The number of carbonyl (C=O) groups is 2. The number of pyridine rings is 1. The molecule has 2 amide bonds. The first-order valence-corrected chi connectivity index (χ1v) is 9.98. The number of likely N-dealkylation sites (N-methyl/N-ethyl adjacent to an activating group) is 1. The fourth-order valence-electron chi connectivity index (χ4n) is 2.63. The van der Waals surface area contributed by atoms with Crippen molar-refractivity contribution in [2.24, 2.45) is 0 Å². The van der Waals surface area contributed by atoms with Crippen LogP contribution < -0.4 is 14.8 Å². The largest absolute Gasteiger partial charge is 0.492 e. The van der Waals surface area contributed by atoms with Crippen LogP contribution >= 0.6 is 0 Å². The van der Waals surface area contributed by atoms with Gasteiger partial charge in [-0.15, -0.1) is 0 Å². The van der Waals surface area contributed by atoms with E-state index in [1.807, 2.05) is 0 Å². The molecule has 168 valence electrons. The molecule has 2 heterocycles. The Morgan fingerprint density at radius 1 is 1.12 bits per heavy atom. The number of rotatable bonds is 11. The van der Waals surface area contributed by atoms with E-state index in [-0.39, 0.29) is 43.8 Å². The monoisotopic (exact) mass is 441 g/mol. The van der Waals surface area contributed by atoms with Crippen molar-refractivity contribution in [2.75, 3.05) is 32.1 Å². The Labute approximate surface area is 184 Å². The molecule has 0 saturated carbocycles. The SMILES string of the molecule is CN(CCOc1ccc(F)cc1)C(=O)Cn1cc(NC(=O)CCOc2ccccn2)cn1. The number of hydrogen-bond donors (Lipinski definition) is 1. The topological polar surface area (TPSA) is 98.6 Å². The van der Waals surface area contributed by atoms with Crippen molar-refractivity contribution < 1.29 is 23.5 Å². The molecular formula is C22H24FN5O4. The molecule has 32 heavy (non-hydrogen) atoms. The van der Waals surface area contributed by atoms with Crippen molar-refractivity contribution in [1.82, 2.24) is 19.7 Å². The molecule has 3 rings (SSSR count). The molecule has 10 heteroatoms. The summed E-state index contributed by atoms with van der Waals surface area (Å²) in [6, 6.07) is 11.0. The zero-order chi connectivity index (χ0) is 22.8. The minimum Gasteiger partial charge on any atom is -0.492 e. The molecule has 0 fully saturated rings. The Balaban J connectivity index is 1.36. The lowest BCUT2D eigenvalue weighted by atomic mass is 10.3. The maximum absolute atomic E-state index is 12.9. The highest BCUT2D eigenvalue weighted by Gasteiger charge is 2.12. The van der Waals surface area contributed by atoms with Crippen molar-refractivity contribution in [1.29, 1.82) is 0 Å². The zero-order valence-electron chi connectivity index (χ0n) is 17.6. The number of nitrogens with one attached hydrogen (secondary N) is 1. The first kappa shape index (κ1) is 22.7. The molecule has 9 nitrogen and oxygen atoms in total. The van der Waals surface area contributed by atoms with Crippen LogP contribution in [0.5, 0.6) is 11.6 Å². The van der Waals surface area contributed by atoms with E-state index in [0.717, 1.165) is 0 Å². The second kappa shape index (κ2) is 11.4. The number of aromatic nitrogens is 3. The molecule has 3 aromatic rings. The van der Waals surface area contributed by atoms with Gasteiger partial charge in [-0.1, -0.05) is 6.07 Å². The predicted molar refractivity (Wildman–Crippen MR) is 115 cm³/mol. The van der Waals surface area contributed by atoms with Gasteiger partial charge in [-0.2, -0.15) is 5.10 Å². The number of amides is 2. The van der Waals surface area contributed by atoms with E-state index in [9.17, 15) is 14.0 Å². The van der Waals surface area contributed by atoms with Crippen LogP contribution in [-0.4, -0.2) is 58.3 Å². The molecule has 0 aliphatic rings. The van der Waals surface area contributed by atoms with Crippen LogP contribution in [0, 0.1) is 5.82 Å². The highest BCUT2D eigenvalue weighted by atomic mass is 19.1. The number of carbonyl (C=O) groups excluding carboxylic acids is 2. The molecule has 1 aromatic carbocycles. The third-order valence-corrected chi connectivity index (χ3v) is 4.37. The smallest absolute Gasteiger partial charge is 0.244 e. The molecule has 2 aromatic heterocycles. The molecule has 0 bridgehead atoms. The molecule has 0 saturated heterocycles. The van der Waals surface area contributed by atoms with Crippen molar-refractivity contribution in [3.8, 4) is 11.6 Å².